The number of rotatable bonds is 2. The lowest BCUT2D eigenvalue weighted by molar-refractivity contribution is 0.202. The number of benzene rings is 3. The van der Waals surface area contributed by atoms with Gasteiger partial charge in [0.25, 0.3) is 0 Å². The van der Waals surface area contributed by atoms with Crippen LogP contribution in [0, 0.1) is 5.82 Å². The Hall–Kier alpha value is -3.01. The third kappa shape index (κ3) is 2.67. The molecule has 4 rings (SSSR count). The molecule has 0 fully saturated rings. The second kappa shape index (κ2) is 5.89. The first kappa shape index (κ1) is 14.6. The van der Waals surface area contributed by atoms with E-state index < -0.39 is 0 Å². The van der Waals surface area contributed by atoms with Crippen molar-refractivity contribution >= 4 is 17.1 Å². The number of nitrogens with zero attached hydrogens (tertiary/aromatic N) is 1. The predicted molar refractivity (Wildman–Crippen MR) is 94.1 cm³/mol. The van der Waals surface area contributed by atoms with E-state index >= 15 is 0 Å². The van der Waals surface area contributed by atoms with E-state index in [1.54, 1.807) is 12.1 Å². The van der Waals surface area contributed by atoms with Crippen molar-refractivity contribution in [3.05, 3.63) is 84.2 Å². The van der Waals surface area contributed by atoms with Crippen LogP contribution in [0.15, 0.2) is 72.8 Å². The van der Waals surface area contributed by atoms with Gasteiger partial charge >= 0.3 is 0 Å². The zero-order valence-corrected chi connectivity index (χ0v) is 13.0. The second-order valence-corrected chi connectivity index (χ2v) is 5.83. The first-order valence-electron chi connectivity index (χ1n) is 7.85. The van der Waals surface area contributed by atoms with Crippen LogP contribution in [0.5, 0.6) is 5.75 Å². The summed E-state index contributed by atoms with van der Waals surface area (Å²) in [4.78, 5) is 2.13. The summed E-state index contributed by atoms with van der Waals surface area (Å²) in [6.45, 7) is 0.645. The Kier molecular flexibility index (Phi) is 3.58. The van der Waals surface area contributed by atoms with Gasteiger partial charge < -0.3 is 15.4 Å². The van der Waals surface area contributed by atoms with Crippen LogP contribution in [-0.2, 0) is 0 Å². The van der Waals surface area contributed by atoms with Crippen molar-refractivity contribution in [1.29, 1.82) is 0 Å². The summed E-state index contributed by atoms with van der Waals surface area (Å²) in [7, 11) is 0. The number of nitrogens with two attached hydrogens (primary N) is 1. The van der Waals surface area contributed by atoms with Crippen molar-refractivity contribution in [3.63, 3.8) is 0 Å². The molecule has 0 aliphatic carbocycles. The smallest absolute Gasteiger partial charge is 0.146 e. The van der Waals surface area contributed by atoms with Crippen molar-refractivity contribution in [3.8, 4) is 5.75 Å². The molecule has 3 aromatic rings. The maximum atomic E-state index is 13.3. The zero-order valence-electron chi connectivity index (χ0n) is 13.0. The Balaban J connectivity index is 1.78. The van der Waals surface area contributed by atoms with Crippen LogP contribution in [0.1, 0.15) is 11.7 Å². The van der Waals surface area contributed by atoms with E-state index in [0.717, 1.165) is 22.7 Å². The molecule has 0 amide bonds. The van der Waals surface area contributed by atoms with Gasteiger partial charge in [0.2, 0.25) is 0 Å². The van der Waals surface area contributed by atoms with Gasteiger partial charge in [-0.1, -0.05) is 30.3 Å². The number of ether oxygens (including phenoxy) is 1. The minimum absolute atomic E-state index is 0.120. The van der Waals surface area contributed by atoms with Crippen LogP contribution in [0.25, 0.3) is 0 Å². The molecule has 1 aliphatic heterocycles. The van der Waals surface area contributed by atoms with Gasteiger partial charge in [0.05, 0.1) is 12.2 Å². The highest BCUT2D eigenvalue weighted by atomic mass is 19.1. The Morgan fingerprint density at radius 3 is 2.46 bits per heavy atom. The number of fused-ring (bicyclic) bond motifs is 1. The number of anilines is 3. The third-order valence-corrected chi connectivity index (χ3v) is 4.20. The summed E-state index contributed by atoms with van der Waals surface area (Å²) in [6, 6.07) is 22.2. The number of hydrogen-bond donors (Lipinski definition) is 1. The Morgan fingerprint density at radius 2 is 1.71 bits per heavy atom. The van der Waals surface area contributed by atoms with Crippen LogP contribution >= 0.6 is 0 Å². The fourth-order valence-electron chi connectivity index (χ4n) is 3.01. The maximum absolute atomic E-state index is 13.3. The van der Waals surface area contributed by atoms with Crippen LogP contribution in [0.4, 0.5) is 21.5 Å². The molecule has 2 N–H and O–H groups in total. The Morgan fingerprint density at radius 1 is 0.958 bits per heavy atom. The molecule has 1 unspecified atom stereocenters. The van der Waals surface area contributed by atoms with E-state index in [4.69, 9.17) is 10.5 Å². The van der Waals surface area contributed by atoms with Gasteiger partial charge in [-0.05, 0) is 42.0 Å². The minimum atomic E-state index is -0.246. The summed E-state index contributed by atoms with van der Waals surface area (Å²) < 4.78 is 19.5. The Labute approximate surface area is 140 Å². The van der Waals surface area contributed by atoms with E-state index in [0.29, 0.717) is 12.2 Å². The first-order chi connectivity index (χ1) is 11.7. The van der Waals surface area contributed by atoms with E-state index in [-0.39, 0.29) is 11.9 Å². The second-order valence-electron chi connectivity index (χ2n) is 5.83. The standard InChI is InChI=1S/C20H17FN2O/c21-15-6-9-17(10-7-15)23-13-20(14-4-2-1-3-5-14)24-19-12-16(22)8-11-18(19)23/h1-12,20H,13,22H2. The fraction of sp³-hybridized carbons (Fsp3) is 0.100. The molecule has 1 heterocycles. The molecule has 0 radical (unpaired) electrons. The molecule has 0 saturated heterocycles. The van der Waals surface area contributed by atoms with Gasteiger partial charge in [0.1, 0.15) is 17.7 Å². The lowest BCUT2D eigenvalue weighted by atomic mass is 10.1. The lowest BCUT2D eigenvalue weighted by Crippen LogP contribution is -2.31. The van der Waals surface area contributed by atoms with E-state index in [1.807, 2.05) is 48.5 Å². The summed E-state index contributed by atoms with van der Waals surface area (Å²) in [6.07, 6.45) is -0.120. The van der Waals surface area contributed by atoms with Gasteiger partial charge in [-0.25, -0.2) is 4.39 Å². The Bertz CT molecular complexity index is 849. The summed E-state index contributed by atoms with van der Waals surface area (Å²) in [5.41, 5.74) is 9.53. The van der Waals surface area contributed by atoms with Crippen LogP contribution in [0.3, 0.4) is 0 Å². The number of hydrogen-bond acceptors (Lipinski definition) is 3. The molecule has 0 spiro atoms. The first-order valence-corrected chi connectivity index (χ1v) is 7.85. The molecule has 4 heteroatoms. The van der Waals surface area contributed by atoms with E-state index in [9.17, 15) is 4.39 Å². The summed E-state index contributed by atoms with van der Waals surface area (Å²) >= 11 is 0. The fourth-order valence-corrected chi connectivity index (χ4v) is 3.01. The van der Waals surface area contributed by atoms with Crippen LogP contribution in [-0.4, -0.2) is 6.54 Å². The highest BCUT2D eigenvalue weighted by Crippen LogP contribution is 2.42. The summed E-state index contributed by atoms with van der Waals surface area (Å²) in [5, 5.41) is 0. The number of nitrogen functional groups attached to an aromatic ring is 1. The predicted octanol–water partition coefficient (Wildman–Crippen LogP) is 4.68. The zero-order chi connectivity index (χ0) is 16.5. The average Bonchev–Trinajstić information content (AvgIpc) is 2.62. The van der Waals surface area contributed by atoms with Crippen molar-refractivity contribution in [2.24, 2.45) is 0 Å². The van der Waals surface area contributed by atoms with Crippen LogP contribution < -0.4 is 15.4 Å². The highest BCUT2D eigenvalue weighted by Gasteiger charge is 2.28. The van der Waals surface area contributed by atoms with Crippen molar-refractivity contribution < 1.29 is 9.13 Å². The van der Waals surface area contributed by atoms with Gasteiger partial charge in [-0.3, -0.25) is 0 Å². The van der Waals surface area contributed by atoms with Crippen molar-refractivity contribution in [2.75, 3.05) is 17.2 Å². The maximum Gasteiger partial charge on any atom is 0.146 e. The number of halogens is 1. The monoisotopic (exact) mass is 320 g/mol. The average molecular weight is 320 g/mol. The van der Waals surface area contributed by atoms with Crippen molar-refractivity contribution in [2.45, 2.75) is 6.10 Å². The SMILES string of the molecule is Nc1ccc2c(c1)OC(c1ccccc1)CN2c1ccc(F)cc1. The largest absolute Gasteiger partial charge is 0.482 e. The molecule has 120 valence electrons. The lowest BCUT2D eigenvalue weighted by Gasteiger charge is -2.36. The van der Waals surface area contributed by atoms with Crippen molar-refractivity contribution in [1.82, 2.24) is 0 Å². The molecule has 0 bridgehead atoms. The molecule has 0 saturated carbocycles. The van der Waals surface area contributed by atoms with Crippen LogP contribution in [0.2, 0.25) is 0 Å². The molecule has 3 nitrogen and oxygen atoms in total. The molecular weight excluding hydrogens is 303 g/mol. The topological polar surface area (TPSA) is 38.5 Å². The molecule has 1 atom stereocenters. The normalized spacial score (nSPS) is 16.4. The molecule has 0 aromatic heterocycles. The van der Waals surface area contributed by atoms with Gasteiger partial charge in [0, 0.05) is 17.4 Å². The molecule has 1 aliphatic rings. The van der Waals surface area contributed by atoms with Gasteiger partial charge in [-0.2, -0.15) is 0 Å². The van der Waals surface area contributed by atoms with Gasteiger partial charge in [0.15, 0.2) is 0 Å². The third-order valence-electron chi connectivity index (χ3n) is 4.20. The molecular formula is C20H17FN2O. The highest BCUT2D eigenvalue weighted by molar-refractivity contribution is 5.73. The molecule has 3 aromatic carbocycles. The minimum Gasteiger partial charge on any atom is -0.482 e. The molecule has 24 heavy (non-hydrogen) atoms. The van der Waals surface area contributed by atoms with E-state index in [1.165, 1.54) is 12.1 Å². The quantitative estimate of drug-likeness (QED) is 0.697. The van der Waals surface area contributed by atoms with E-state index in [2.05, 4.69) is 4.90 Å². The van der Waals surface area contributed by atoms with Gasteiger partial charge in [-0.15, -0.1) is 0 Å². The summed E-state index contributed by atoms with van der Waals surface area (Å²) in [5.74, 6) is 0.489.